The lowest BCUT2D eigenvalue weighted by atomic mass is 10.5. The van der Waals surface area contributed by atoms with Gasteiger partial charge in [0.1, 0.15) is 4.21 Å². The SMILES string of the molecule is COCCS(=O)(=O)NCc1ccc(S(N)(=O)=O)s1. The summed E-state index contributed by atoms with van der Waals surface area (Å²) in [6.07, 6.45) is 0. The molecular formula is C8H14N2O5S3. The van der Waals surface area contributed by atoms with Crippen LogP contribution in [0.5, 0.6) is 0 Å². The lowest BCUT2D eigenvalue weighted by Gasteiger charge is -2.04. The highest BCUT2D eigenvalue weighted by Crippen LogP contribution is 2.20. The van der Waals surface area contributed by atoms with E-state index in [1.54, 1.807) is 0 Å². The molecule has 0 bridgehead atoms. The van der Waals surface area contributed by atoms with Crippen molar-refractivity contribution in [3.63, 3.8) is 0 Å². The molecule has 0 unspecified atom stereocenters. The average Bonchev–Trinajstić information content (AvgIpc) is 2.72. The summed E-state index contributed by atoms with van der Waals surface area (Å²) in [6.45, 7) is 0.133. The number of primary sulfonamides is 1. The molecule has 0 aliphatic carbocycles. The molecule has 10 heteroatoms. The van der Waals surface area contributed by atoms with Crippen molar-refractivity contribution in [2.45, 2.75) is 10.8 Å². The molecule has 7 nitrogen and oxygen atoms in total. The van der Waals surface area contributed by atoms with Crippen LogP contribution in [-0.4, -0.2) is 36.3 Å². The molecule has 0 saturated carbocycles. The van der Waals surface area contributed by atoms with E-state index in [2.05, 4.69) is 9.46 Å². The molecule has 0 spiro atoms. The van der Waals surface area contributed by atoms with Gasteiger partial charge in [0.15, 0.2) is 0 Å². The Hall–Kier alpha value is -0.520. The number of methoxy groups -OCH3 is 1. The fourth-order valence-corrected chi connectivity index (χ4v) is 3.77. The second-order valence-corrected chi connectivity index (χ2v) is 8.28. The van der Waals surface area contributed by atoms with Crippen LogP contribution in [0.1, 0.15) is 4.88 Å². The van der Waals surface area contributed by atoms with Crippen LogP contribution in [0.25, 0.3) is 0 Å². The Morgan fingerprint density at radius 1 is 1.33 bits per heavy atom. The number of hydrogen-bond acceptors (Lipinski definition) is 6. The molecule has 1 rings (SSSR count). The fraction of sp³-hybridized carbons (Fsp3) is 0.500. The smallest absolute Gasteiger partial charge is 0.247 e. The molecular weight excluding hydrogens is 300 g/mol. The van der Waals surface area contributed by atoms with Crippen LogP contribution < -0.4 is 9.86 Å². The Morgan fingerprint density at radius 2 is 2.00 bits per heavy atom. The summed E-state index contributed by atoms with van der Waals surface area (Å²) in [7, 11) is -5.74. The molecule has 3 N–H and O–H groups in total. The number of nitrogens with two attached hydrogens (primary N) is 1. The summed E-state index contributed by atoms with van der Waals surface area (Å²) in [5, 5.41) is 4.95. The zero-order valence-electron chi connectivity index (χ0n) is 9.62. The summed E-state index contributed by atoms with van der Waals surface area (Å²) >= 11 is 0.933. The molecule has 1 aromatic heterocycles. The standard InChI is InChI=1S/C8H14N2O5S3/c1-15-4-5-17(11,12)10-6-7-2-3-8(16-7)18(9,13)14/h2-3,10H,4-6H2,1H3,(H2,9,13,14). The van der Waals surface area contributed by atoms with E-state index >= 15 is 0 Å². The van der Waals surface area contributed by atoms with Gasteiger partial charge in [-0.2, -0.15) is 0 Å². The minimum absolute atomic E-state index is 0.00795. The predicted octanol–water partition coefficient (Wildman–Crippen LogP) is -0.539. The summed E-state index contributed by atoms with van der Waals surface area (Å²) < 4.78 is 51.9. The van der Waals surface area contributed by atoms with Gasteiger partial charge in [-0.1, -0.05) is 0 Å². The Morgan fingerprint density at radius 3 is 2.50 bits per heavy atom. The number of thiophene rings is 1. The van der Waals surface area contributed by atoms with E-state index in [1.165, 1.54) is 19.2 Å². The van der Waals surface area contributed by atoms with Crippen molar-refractivity contribution >= 4 is 31.4 Å². The molecule has 0 saturated heterocycles. The lowest BCUT2D eigenvalue weighted by molar-refractivity contribution is 0.217. The van der Waals surface area contributed by atoms with Crippen molar-refractivity contribution in [1.82, 2.24) is 4.72 Å². The number of rotatable bonds is 7. The molecule has 0 radical (unpaired) electrons. The summed E-state index contributed by atoms with van der Waals surface area (Å²) in [4.78, 5) is 0.569. The summed E-state index contributed by atoms with van der Waals surface area (Å²) in [5.41, 5.74) is 0. The molecule has 0 aromatic carbocycles. The fourth-order valence-electron chi connectivity index (χ4n) is 1.05. The summed E-state index contributed by atoms with van der Waals surface area (Å²) in [5.74, 6) is -0.142. The minimum Gasteiger partial charge on any atom is -0.384 e. The van der Waals surface area contributed by atoms with E-state index in [4.69, 9.17) is 5.14 Å². The third-order valence-corrected chi connectivity index (χ3v) is 5.75. The zero-order valence-corrected chi connectivity index (χ0v) is 12.1. The third-order valence-electron chi connectivity index (χ3n) is 1.94. The van der Waals surface area contributed by atoms with E-state index in [-0.39, 0.29) is 23.1 Å². The highest BCUT2D eigenvalue weighted by atomic mass is 32.2. The van der Waals surface area contributed by atoms with Gasteiger partial charge in [0.05, 0.1) is 12.4 Å². The van der Waals surface area contributed by atoms with Crippen LogP contribution in [0, 0.1) is 0 Å². The first kappa shape index (κ1) is 15.5. The molecule has 0 fully saturated rings. The van der Waals surface area contributed by atoms with Gasteiger partial charge in [0.25, 0.3) is 0 Å². The van der Waals surface area contributed by atoms with Gasteiger partial charge >= 0.3 is 0 Å². The summed E-state index contributed by atoms with van der Waals surface area (Å²) in [6, 6.07) is 2.86. The normalized spacial score (nSPS) is 12.8. The second-order valence-electron chi connectivity index (χ2n) is 3.40. The zero-order chi connectivity index (χ0) is 13.8. The van der Waals surface area contributed by atoms with Gasteiger partial charge < -0.3 is 4.74 Å². The van der Waals surface area contributed by atoms with Gasteiger partial charge in [0.2, 0.25) is 20.0 Å². The van der Waals surface area contributed by atoms with Crippen molar-refractivity contribution in [1.29, 1.82) is 0 Å². The Kier molecular flexibility index (Phi) is 5.25. The first-order valence-electron chi connectivity index (χ1n) is 4.82. The second kappa shape index (κ2) is 6.08. The first-order chi connectivity index (χ1) is 8.24. The van der Waals surface area contributed by atoms with Crippen molar-refractivity contribution in [2.75, 3.05) is 19.5 Å². The maximum atomic E-state index is 11.4. The minimum atomic E-state index is -3.73. The monoisotopic (exact) mass is 314 g/mol. The topological polar surface area (TPSA) is 116 Å². The maximum absolute atomic E-state index is 11.4. The van der Waals surface area contributed by atoms with Crippen LogP contribution >= 0.6 is 11.3 Å². The van der Waals surface area contributed by atoms with Crippen molar-refractivity contribution in [3.8, 4) is 0 Å². The van der Waals surface area contributed by atoms with Gasteiger partial charge in [-0.25, -0.2) is 26.7 Å². The molecule has 0 amide bonds. The van der Waals surface area contributed by atoms with E-state index in [1.807, 2.05) is 0 Å². The molecule has 1 aromatic rings. The molecule has 1 heterocycles. The Balaban J connectivity index is 2.62. The van der Waals surface area contributed by atoms with Gasteiger partial charge in [-0.3, -0.25) is 0 Å². The van der Waals surface area contributed by atoms with Gasteiger partial charge in [0, 0.05) is 18.5 Å². The third kappa shape index (κ3) is 5.00. The van der Waals surface area contributed by atoms with E-state index in [0.717, 1.165) is 11.3 Å². The molecule has 18 heavy (non-hydrogen) atoms. The average molecular weight is 314 g/mol. The van der Waals surface area contributed by atoms with Crippen LogP contribution in [0.2, 0.25) is 0 Å². The predicted molar refractivity (Wildman–Crippen MR) is 68.2 cm³/mol. The maximum Gasteiger partial charge on any atom is 0.247 e. The van der Waals surface area contributed by atoms with Crippen LogP contribution in [0.15, 0.2) is 16.3 Å². The van der Waals surface area contributed by atoms with Gasteiger partial charge in [-0.15, -0.1) is 11.3 Å². The first-order valence-corrected chi connectivity index (χ1v) is 8.84. The molecule has 104 valence electrons. The largest absolute Gasteiger partial charge is 0.384 e. The Labute approximate surface area is 110 Å². The number of sulfonamides is 2. The van der Waals surface area contributed by atoms with Crippen molar-refractivity contribution in [3.05, 3.63) is 17.0 Å². The van der Waals surface area contributed by atoms with Crippen LogP contribution in [0.4, 0.5) is 0 Å². The van der Waals surface area contributed by atoms with Crippen molar-refractivity contribution in [2.24, 2.45) is 5.14 Å². The van der Waals surface area contributed by atoms with E-state index in [0.29, 0.717) is 4.88 Å². The molecule has 0 aliphatic heterocycles. The van der Waals surface area contributed by atoms with E-state index in [9.17, 15) is 16.8 Å². The quantitative estimate of drug-likeness (QED) is 0.701. The molecule has 0 atom stereocenters. The van der Waals surface area contributed by atoms with E-state index < -0.39 is 20.0 Å². The highest BCUT2D eigenvalue weighted by Gasteiger charge is 2.13. The number of ether oxygens (including phenoxy) is 1. The van der Waals surface area contributed by atoms with Crippen LogP contribution in [0.3, 0.4) is 0 Å². The number of nitrogens with one attached hydrogen (secondary N) is 1. The van der Waals surface area contributed by atoms with Gasteiger partial charge in [-0.05, 0) is 12.1 Å². The van der Waals surface area contributed by atoms with Crippen molar-refractivity contribution < 1.29 is 21.6 Å². The molecule has 0 aliphatic rings. The highest BCUT2D eigenvalue weighted by molar-refractivity contribution is 7.91. The Bertz CT molecular complexity index is 590. The number of hydrogen-bond donors (Lipinski definition) is 2. The lowest BCUT2D eigenvalue weighted by Crippen LogP contribution is -2.27. The van der Waals surface area contributed by atoms with Crippen LogP contribution in [-0.2, 0) is 31.3 Å².